The summed E-state index contributed by atoms with van der Waals surface area (Å²) in [7, 11) is 0. The van der Waals surface area contributed by atoms with Crippen LogP contribution in [0.3, 0.4) is 0 Å². The Morgan fingerprint density at radius 1 is 1.18 bits per heavy atom. The van der Waals surface area contributed by atoms with Gasteiger partial charge in [0.1, 0.15) is 0 Å². The van der Waals surface area contributed by atoms with Crippen molar-refractivity contribution in [3.63, 3.8) is 0 Å². The molecule has 0 aliphatic carbocycles. The molecule has 1 atom stereocenters. The number of aromatic nitrogens is 3. The van der Waals surface area contributed by atoms with Gasteiger partial charge in [0.25, 0.3) is 0 Å². The van der Waals surface area contributed by atoms with Gasteiger partial charge in [0, 0.05) is 16.8 Å². The van der Waals surface area contributed by atoms with Gasteiger partial charge in [-0.1, -0.05) is 47.6 Å². The summed E-state index contributed by atoms with van der Waals surface area (Å²) in [6.45, 7) is 3.21. The number of nitrogens with two attached hydrogens (primary N) is 1. The minimum atomic E-state index is -0.494. The van der Waals surface area contributed by atoms with Gasteiger partial charge in [-0.2, -0.15) is 0 Å². The molecule has 9 heteroatoms. The summed E-state index contributed by atoms with van der Waals surface area (Å²) in [5, 5.41) is 11.3. The van der Waals surface area contributed by atoms with Crippen LogP contribution in [0.2, 0.25) is 5.02 Å². The van der Waals surface area contributed by atoms with Crippen LogP contribution in [0.15, 0.2) is 53.7 Å². The number of carbonyl (C=O) groups excluding carboxylic acids is 2. The Kier molecular flexibility index (Phi) is 6.01. The molecule has 0 spiro atoms. The lowest BCUT2D eigenvalue weighted by molar-refractivity contribution is -0.115. The van der Waals surface area contributed by atoms with E-state index in [2.05, 4.69) is 15.5 Å². The molecular weight excluding hydrogens is 398 g/mol. The van der Waals surface area contributed by atoms with Crippen LogP contribution >= 0.6 is 23.4 Å². The molecule has 2 aromatic carbocycles. The van der Waals surface area contributed by atoms with Crippen molar-refractivity contribution in [2.24, 2.45) is 0 Å². The molecule has 0 unspecified atom stereocenters. The molecule has 0 fully saturated rings. The van der Waals surface area contributed by atoms with Crippen LogP contribution in [0, 0.1) is 0 Å². The highest BCUT2D eigenvalue weighted by atomic mass is 35.5. The molecule has 144 valence electrons. The summed E-state index contributed by atoms with van der Waals surface area (Å²) >= 11 is 7.36. The number of halogens is 1. The van der Waals surface area contributed by atoms with Gasteiger partial charge >= 0.3 is 0 Å². The molecule has 0 saturated heterocycles. The lowest BCUT2D eigenvalue weighted by Crippen LogP contribution is -2.23. The maximum atomic E-state index is 12.5. The fourth-order valence-electron chi connectivity index (χ4n) is 2.46. The average molecular weight is 416 g/mol. The predicted molar refractivity (Wildman–Crippen MR) is 111 cm³/mol. The molecule has 1 aromatic heterocycles. The van der Waals surface area contributed by atoms with E-state index in [0.29, 0.717) is 32.8 Å². The van der Waals surface area contributed by atoms with Gasteiger partial charge in [0.15, 0.2) is 11.6 Å². The molecule has 1 amide bonds. The molecule has 3 aromatic rings. The second-order valence-corrected chi connectivity index (χ2v) is 7.76. The van der Waals surface area contributed by atoms with E-state index in [9.17, 15) is 9.59 Å². The molecule has 3 N–H and O–H groups in total. The van der Waals surface area contributed by atoms with Crippen molar-refractivity contribution in [1.29, 1.82) is 0 Å². The Bertz CT molecular complexity index is 1040. The van der Waals surface area contributed by atoms with Crippen LogP contribution in [0.25, 0.3) is 11.4 Å². The zero-order valence-electron chi connectivity index (χ0n) is 15.2. The number of nitrogens with one attached hydrogen (secondary N) is 1. The second kappa shape index (κ2) is 8.45. The number of nitrogens with zero attached hydrogens (tertiary/aromatic N) is 3. The third-order valence-electron chi connectivity index (χ3n) is 3.97. The van der Waals surface area contributed by atoms with Crippen LogP contribution in [0.1, 0.15) is 24.2 Å². The first-order chi connectivity index (χ1) is 13.4. The van der Waals surface area contributed by atoms with Gasteiger partial charge in [-0.25, -0.2) is 4.68 Å². The number of thioether (sulfide) groups is 1. The topological polar surface area (TPSA) is 103 Å². The van der Waals surface area contributed by atoms with E-state index in [0.717, 1.165) is 0 Å². The van der Waals surface area contributed by atoms with Crippen molar-refractivity contribution >= 4 is 40.7 Å². The Labute approximate surface area is 171 Å². The van der Waals surface area contributed by atoms with Crippen molar-refractivity contribution < 1.29 is 9.59 Å². The minimum absolute atomic E-state index is 0.0677. The number of amides is 1. The fraction of sp³-hybridized carbons (Fsp3) is 0.158. The number of hydrogen-bond donors (Lipinski definition) is 2. The number of nitrogen functional groups attached to an aromatic ring is 1. The van der Waals surface area contributed by atoms with Gasteiger partial charge in [-0.15, -0.1) is 10.2 Å². The van der Waals surface area contributed by atoms with Gasteiger partial charge in [-0.05, 0) is 38.1 Å². The van der Waals surface area contributed by atoms with Crippen LogP contribution in [0.4, 0.5) is 5.69 Å². The van der Waals surface area contributed by atoms with Crippen molar-refractivity contribution in [3.8, 4) is 11.4 Å². The number of hydrogen-bond acceptors (Lipinski definition) is 6. The van der Waals surface area contributed by atoms with E-state index in [4.69, 9.17) is 17.4 Å². The number of ketones is 1. The van der Waals surface area contributed by atoms with Gasteiger partial charge in [0.05, 0.1) is 10.3 Å². The molecular formula is C19H18ClN5O2S. The number of anilines is 1. The fourth-order valence-corrected chi connectivity index (χ4v) is 3.45. The predicted octanol–water partition coefficient (Wildman–Crippen LogP) is 3.63. The largest absolute Gasteiger partial charge is 0.335 e. The summed E-state index contributed by atoms with van der Waals surface area (Å²) in [6.07, 6.45) is 0. The number of benzene rings is 2. The standard InChI is InChI=1S/C19H18ClN5O2S/c1-11(26)13-6-5-7-14(10-13)22-18(27)12(2)28-19-24-23-17(25(19)21)15-8-3-4-9-16(15)20/h3-10,12H,21H2,1-2H3,(H,22,27)/t12-/m1/s1. The highest BCUT2D eigenvalue weighted by Gasteiger charge is 2.21. The number of carbonyl (C=O) groups is 2. The third-order valence-corrected chi connectivity index (χ3v) is 5.35. The highest BCUT2D eigenvalue weighted by molar-refractivity contribution is 8.00. The van der Waals surface area contributed by atoms with Crippen LogP contribution < -0.4 is 11.2 Å². The summed E-state index contributed by atoms with van der Waals surface area (Å²) in [6, 6.07) is 14.0. The lowest BCUT2D eigenvalue weighted by atomic mass is 10.1. The number of Topliss-reactive ketones (excluding diaryl/α,β-unsaturated/α-hetero) is 1. The van der Waals surface area contributed by atoms with Crippen molar-refractivity contribution in [2.45, 2.75) is 24.3 Å². The molecule has 3 rings (SSSR count). The van der Waals surface area contributed by atoms with Crippen molar-refractivity contribution in [1.82, 2.24) is 14.9 Å². The van der Waals surface area contributed by atoms with E-state index in [1.165, 1.54) is 23.4 Å². The SMILES string of the molecule is CC(=O)c1cccc(NC(=O)[C@@H](C)Sc2nnc(-c3ccccc3Cl)n2N)c1. The van der Waals surface area contributed by atoms with E-state index >= 15 is 0 Å². The van der Waals surface area contributed by atoms with E-state index in [1.807, 2.05) is 12.1 Å². The van der Waals surface area contributed by atoms with Gasteiger partial charge < -0.3 is 11.2 Å². The number of rotatable bonds is 6. The van der Waals surface area contributed by atoms with E-state index in [-0.39, 0.29) is 11.7 Å². The monoisotopic (exact) mass is 415 g/mol. The molecule has 0 saturated carbocycles. The Balaban J connectivity index is 1.72. The molecule has 0 aliphatic heterocycles. The molecule has 0 bridgehead atoms. The van der Waals surface area contributed by atoms with Gasteiger partial charge in [-0.3, -0.25) is 9.59 Å². The summed E-state index contributed by atoms with van der Waals surface area (Å²) in [5.74, 6) is 6.20. The molecule has 0 radical (unpaired) electrons. The first kappa shape index (κ1) is 19.9. The van der Waals surface area contributed by atoms with Gasteiger partial charge in [0.2, 0.25) is 11.1 Å². The lowest BCUT2D eigenvalue weighted by Gasteiger charge is -2.12. The van der Waals surface area contributed by atoms with Crippen LogP contribution in [-0.2, 0) is 4.79 Å². The van der Waals surface area contributed by atoms with E-state index in [1.54, 1.807) is 43.3 Å². The Morgan fingerprint density at radius 2 is 1.93 bits per heavy atom. The molecule has 0 aliphatic rings. The van der Waals surface area contributed by atoms with Crippen molar-refractivity contribution in [3.05, 3.63) is 59.1 Å². The second-order valence-electron chi connectivity index (χ2n) is 6.04. The zero-order valence-corrected chi connectivity index (χ0v) is 16.8. The van der Waals surface area contributed by atoms with Crippen LogP contribution in [0.5, 0.6) is 0 Å². The van der Waals surface area contributed by atoms with Crippen LogP contribution in [-0.4, -0.2) is 31.8 Å². The average Bonchev–Trinajstić information content (AvgIpc) is 3.02. The summed E-state index contributed by atoms with van der Waals surface area (Å²) in [5.41, 5.74) is 1.74. The summed E-state index contributed by atoms with van der Waals surface area (Å²) in [4.78, 5) is 24.0. The normalized spacial score (nSPS) is 11.8. The zero-order chi connectivity index (χ0) is 20.3. The quantitative estimate of drug-likeness (QED) is 0.362. The smallest absolute Gasteiger partial charge is 0.237 e. The molecule has 1 heterocycles. The van der Waals surface area contributed by atoms with Crippen molar-refractivity contribution in [2.75, 3.05) is 11.2 Å². The summed E-state index contributed by atoms with van der Waals surface area (Å²) < 4.78 is 1.31. The highest BCUT2D eigenvalue weighted by Crippen LogP contribution is 2.29. The minimum Gasteiger partial charge on any atom is -0.335 e. The first-order valence-corrected chi connectivity index (χ1v) is 9.66. The molecule has 28 heavy (non-hydrogen) atoms. The first-order valence-electron chi connectivity index (χ1n) is 8.40. The Morgan fingerprint density at radius 3 is 2.64 bits per heavy atom. The van der Waals surface area contributed by atoms with E-state index < -0.39 is 5.25 Å². The maximum absolute atomic E-state index is 12.5. The third kappa shape index (κ3) is 4.35. The maximum Gasteiger partial charge on any atom is 0.237 e. The Hall–Kier alpha value is -2.84. The molecule has 7 nitrogen and oxygen atoms in total.